The van der Waals surface area contributed by atoms with Gasteiger partial charge in [0.1, 0.15) is 11.9 Å². The fraction of sp³-hybridized carbons (Fsp3) is 0.400. The van der Waals surface area contributed by atoms with Gasteiger partial charge >= 0.3 is 0 Å². The number of benzene rings is 2. The van der Waals surface area contributed by atoms with Crippen LogP contribution in [0.3, 0.4) is 0 Å². The van der Waals surface area contributed by atoms with Crippen LogP contribution >= 0.6 is 24.0 Å². The van der Waals surface area contributed by atoms with Gasteiger partial charge < -0.3 is 19.7 Å². The van der Waals surface area contributed by atoms with E-state index in [9.17, 15) is 0 Å². The first-order valence-corrected chi connectivity index (χ1v) is 9.03. The third-order valence-electron chi connectivity index (χ3n) is 4.17. The van der Waals surface area contributed by atoms with Crippen LogP contribution < -0.4 is 10.1 Å². The number of nitrogens with one attached hydrogen (secondary N) is 1. The molecule has 2 atom stereocenters. The molecule has 0 fully saturated rings. The summed E-state index contributed by atoms with van der Waals surface area (Å²) in [5, 5.41) is 4.11. The maximum absolute atomic E-state index is 6.23. The minimum Gasteiger partial charge on any atom is -0.463 e. The molecule has 2 unspecified atom stereocenters. The molecule has 1 aliphatic rings. The first kappa shape index (κ1) is 21.0. The minimum atomic E-state index is -0.321. The molecule has 6 heteroatoms. The maximum Gasteiger partial charge on any atom is 0.213 e. The second-order valence-electron chi connectivity index (χ2n) is 6.52. The van der Waals surface area contributed by atoms with Crippen LogP contribution in [0.15, 0.2) is 48.5 Å². The van der Waals surface area contributed by atoms with Gasteiger partial charge in [-0.2, -0.15) is 0 Å². The molecule has 4 nitrogen and oxygen atoms in total. The van der Waals surface area contributed by atoms with E-state index in [1.54, 1.807) is 0 Å². The Labute approximate surface area is 166 Å². The SMILES string of the molecule is CN(C)CCCNCC1Oc2ccc(Cl)cc2C(c2ccccc2)O1.Cl. The smallest absolute Gasteiger partial charge is 0.213 e. The molecule has 1 heterocycles. The molecule has 1 N–H and O–H groups in total. The number of rotatable bonds is 7. The third-order valence-corrected chi connectivity index (χ3v) is 4.41. The van der Waals surface area contributed by atoms with Crippen LogP contribution in [-0.2, 0) is 4.74 Å². The summed E-state index contributed by atoms with van der Waals surface area (Å²) in [6.45, 7) is 2.65. The minimum absolute atomic E-state index is 0. The van der Waals surface area contributed by atoms with Crippen molar-refractivity contribution < 1.29 is 9.47 Å². The molecular formula is C20H26Cl2N2O2. The number of ether oxygens (including phenoxy) is 2. The molecule has 0 saturated heterocycles. The number of nitrogens with zero attached hydrogens (tertiary/aromatic N) is 1. The fourth-order valence-corrected chi connectivity index (χ4v) is 3.12. The molecule has 3 rings (SSSR count). The van der Waals surface area contributed by atoms with E-state index in [0.29, 0.717) is 11.6 Å². The second-order valence-corrected chi connectivity index (χ2v) is 6.95. The monoisotopic (exact) mass is 396 g/mol. The normalized spacial score (nSPS) is 18.8. The van der Waals surface area contributed by atoms with Crippen LogP contribution in [0.5, 0.6) is 5.75 Å². The largest absolute Gasteiger partial charge is 0.463 e. The Morgan fingerprint density at radius 2 is 1.88 bits per heavy atom. The average Bonchev–Trinajstić information content (AvgIpc) is 2.61. The van der Waals surface area contributed by atoms with Crippen LogP contribution in [-0.4, -0.2) is 44.9 Å². The zero-order valence-corrected chi connectivity index (χ0v) is 16.7. The van der Waals surface area contributed by atoms with Gasteiger partial charge in [-0.15, -0.1) is 12.4 Å². The van der Waals surface area contributed by atoms with E-state index < -0.39 is 0 Å². The van der Waals surface area contributed by atoms with Crippen molar-refractivity contribution in [2.45, 2.75) is 18.8 Å². The summed E-state index contributed by atoms with van der Waals surface area (Å²) < 4.78 is 12.2. The lowest BCUT2D eigenvalue weighted by molar-refractivity contribution is -0.124. The summed E-state index contributed by atoms with van der Waals surface area (Å²) in [6.07, 6.45) is 0.601. The Morgan fingerprint density at radius 1 is 1.12 bits per heavy atom. The first-order valence-electron chi connectivity index (χ1n) is 8.65. The Morgan fingerprint density at radius 3 is 2.62 bits per heavy atom. The van der Waals surface area contributed by atoms with E-state index in [1.807, 2.05) is 36.4 Å². The lowest BCUT2D eigenvalue weighted by Crippen LogP contribution is -2.38. The summed E-state index contributed by atoms with van der Waals surface area (Å²) in [5.41, 5.74) is 2.08. The van der Waals surface area contributed by atoms with Crippen molar-refractivity contribution in [3.8, 4) is 5.75 Å². The Balaban J connectivity index is 0.00000243. The van der Waals surface area contributed by atoms with Gasteiger partial charge in [0.15, 0.2) is 0 Å². The molecule has 2 aromatic rings. The third kappa shape index (κ3) is 5.60. The van der Waals surface area contributed by atoms with Crippen LogP contribution in [0.2, 0.25) is 5.02 Å². The summed E-state index contributed by atoms with van der Waals surface area (Å²) in [5.74, 6) is 0.838. The van der Waals surface area contributed by atoms with Gasteiger partial charge in [-0.1, -0.05) is 41.9 Å². The number of hydrogen-bond acceptors (Lipinski definition) is 4. The number of halogens is 2. The molecule has 0 saturated carbocycles. The van der Waals surface area contributed by atoms with E-state index in [0.717, 1.165) is 36.4 Å². The van der Waals surface area contributed by atoms with Crippen molar-refractivity contribution >= 4 is 24.0 Å². The molecule has 0 aliphatic carbocycles. The first-order chi connectivity index (χ1) is 12.1. The molecule has 0 aromatic heterocycles. The van der Waals surface area contributed by atoms with E-state index in [1.165, 1.54) is 0 Å². The topological polar surface area (TPSA) is 33.7 Å². The van der Waals surface area contributed by atoms with Crippen molar-refractivity contribution in [2.24, 2.45) is 0 Å². The lowest BCUT2D eigenvalue weighted by atomic mass is 9.99. The number of hydrogen-bond donors (Lipinski definition) is 1. The fourth-order valence-electron chi connectivity index (χ4n) is 2.94. The molecule has 0 bridgehead atoms. The zero-order valence-electron chi connectivity index (χ0n) is 15.2. The van der Waals surface area contributed by atoms with Gasteiger partial charge in [-0.05, 0) is 57.4 Å². The lowest BCUT2D eigenvalue weighted by Gasteiger charge is -2.33. The van der Waals surface area contributed by atoms with Crippen molar-refractivity contribution in [3.05, 3.63) is 64.7 Å². The number of fused-ring (bicyclic) bond motifs is 1. The van der Waals surface area contributed by atoms with Crippen molar-refractivity contribution in [3.63, 3.8) is 0 Å². The highest BCUT2D eigenvalue weighted by molar-refractivity contribution is 6.30. The maximum atomic E-state index is 6.23. The summed E-state index contributed by atoms with van der Waals surface area (Å²) >= 11 is 6.18. The predicted molar refractivity (Wildman–Crippen MR) is 109 cm³/mol. The summed E-state index contributed by atoms with van der Waals surface area (Å²) in [4.78, 5) is 2.18. The van der Waals surface area contributed by atoms with Crippen LogP contribution in [0.4, 0.5) is 0 Å². The van der Waals surface area contributed by atoms with Gasteiger partial charge in [-0.25, -0.2) is 0 Å². The summed E-state index contributed by atoms with van der Waals surface area (Å²) in [6, 6.07) is 15.9. The summed E-state index contributed by atoms with van der Waals surface area (Å²) in [7, 11) is 4.17. The molecular weight excluding hydrogens is 371 g/mol. The molecule has 0 radical (unpaired) electrons. The highest BCUT2D eigenvalue weighted by Gasteiger charge is 2.30. The highest BCUT2D eigenvalue weighted by atomic mass is 35.5. The highest BCUT2D eigenvalue weighted by Crippen LogP contribution is 2.39. The Kier molecular flexibility index (Phi) is 8.19. The van der Waals surface area contributed by atoms with E-state index in [2.05, 4.69) is 36.4 Å². The van der Waals surface area contributed by atoms with Gasteiger partial charge in [0.2, 0.25) is 6.29 Å². The van der Waals surface area contributed by atoms with Gasteiger partial charge in [0, 0.05) is 10.6 Å². The predicted octanol–water partition coefficient (Wildman–Crippen LogP) is 4.13. The Hall–Kier alpha value is -1.30. The van der Waals surface area contributed by atoms with Gasteiger partial charge in [0.05, 0.1) is 6.54 Å². The second kappa shape index (κ2) is 10.1. The quantitative estimate of drug-likeness (QED) is 0.713. The molecule has 0 spiro atoms. The van der Waals surface area contributed by atoms with Crippen molar-refractivity contribution in [2.75, 3.05) is 33.7 Å². The van der Waals surface area contributed by atoms with Gasteiger partial charge in [-0.3, -0.25) is 0 Å². The Bertz CT molecular complexity index is 683. The van der Waals surface area contributed by atoms with E-state index in [4.69, 9.17) is 21.1 Å². The van der Waals surface area contributed by atoms with E-state index in [-0.39, 0.29) is 24.8 Å². The zero-order chi connectivity index (χ0) is 17.6. The molecule has 1 aliphatic heterocycles. The molecule has 26 heavy (non-hydrogen) atoms. The van der Waals surface area contributed by atoms with E-state index >= 15 is 0 Å². The van der Waals surface area contributed by atoms with Gasteiger partial charge in [0.25, 0.3) is 0 Å². The molecule has 2 aromatic carbocycles. The van der Waals surface area contributed by atoms with Crippen LogP contribution in [0.1, 0.15) is 23.7 Å². The van der Waals surface area contributed by atoms with Crippen LogP contribution in [0, 0.1) is 0 Å². The van der Waals surface area contributed by atoms with Crippen molar-refractivity contribution in [1.29, 1.82) is 0 Å². The van der Waals surface area contributed by atoms with Crippen molar-refractivity contribution in [1.82, 2.24) is 10.2 Å². The molecule has 0 amide bonds. The standard InChI is InChI=1S/C20H25ClN2O2.ClH/c1-23(2)12-6-11-22-14-19-24-18-10-9-16(21)13-17(18)20(25-19)15-7-4-3-5-8-15;/h3-5,7-10,13,19-20,22H,6,11-12,14H2,1-2H3;1H. The molecule has 142 valence electrons. The van der Waals surface area contributed by atoms with Crippen LogP contribution in [0.25, 0.3) is 0 Å². The average molecular weight is 397 g/mol.